The molecule has 1 saturated carbocycles. The van der Waals surface area contributed by atoms with Crippen molar-refractivity contribution in [3.8, 4) is 5.75 Å². The molecule has 2 fully saturated rings. The zero-order valence-electron chi connectivity index (χ0n) is 27.7. The molecule has 0 unspecified atom stereocenters. The molecule has 2 heterocycles. The summed E-state index contributed by atoms with van der Waals surface area (Å²) in [5.41, 5.74) is -0.532. The highest BCUT2D eigenvalue weighted by Crippen LogP contribution is 2.34. The third-order valence-corrected chi connectivity index (χ3v) is 9.20. The average molecular weight is 676 g/mol. The zero-order chi connectivity index (χ0) is 35.0. The predicted octanol–water partition coefficient (Wildman–Crippen LogP) is 4.13. The van der Waals surface area contributed by atoms with E-state index in [9.17, 15) is 19.2 Å². The molecule has 4 amide bonds. The summed E-state index contributed by atoms with van der Waals surface area (Å²) in [5.74, 6) is -8.73. The van der Waals surface area contributed by atoms with Gasteiger partial charge in [0.05, 0.1) is 37.8 Å². The molecule has 0 spiro atoms. The number of ether oxygens (including phenoxy) is 2. The van der Waals surface area contributed by atoms with E-state index < -0.39 is 53.0 Å². The van der Waals surface area contributed by atoms with Gasteiger partial charge in [-0.05, 0) is 48.4 Å². The van der Waals surface area contributed by atoms with E-state index >= 15 is 13.2 Å². The van der Waals surface area contributed by atoms with Crippen LogP contribution in [0.1, 0.15) is 69.9 Å². The lowest BCUT2D eigenvalue weighted by atomic mass is 9.79. The molecular weight excluding hydrogens is 631 g/mol. The molecule has 0 bridgehead atoms. The minimum Gasteiger partial charge on any atom is -0.495 e. The standard InChI is InChI=1S/C34H44F3N5O6/c1-5-28(43)40-29(32(45)42-12-14-48-15-13-42)21(3)23-10-11-27(26(35)16-23)39-31(44)30(22-8-6-20(2)7-9-22)41-33(46)34(36,37)24-17-25(47-4)19-38-18-24/h10-11,16-22,29-30H,5-9,12-15H2,1-4H3,(H,39,44)(H,40,43)(H,41,46)/t20?,21-,22?,29+,30-/m0/s1. The van der Waals surface area contributed by atoms with Crippen molar-refractivity contribution in [2.75, 3.05) is 38.7 Å². The number of benzene rings is 1. The first-order valence-corrected chi connectivity index (χ1v) is 16.3. The number of carbonyl (C=O) groups is 4. The van der Waals surface area contributed by atoms with Crippen LogP contribution < -0.4 is 20.7 Å². The van der Waals surface area contributed by atoms with E-state index in [-0.39, 0.29) is 29.7 Å². The number of alkyl halides is 2. The van der Waals surface area contributed by atoms with Crippen molar-refractivity contribution < 1.29 is 41.8 Å². The number of carbonyl (C=O) groups excluding carboxylic acids is 4. The van der Waals surface area contributed by atoms with Crippen molar-refractivity contribution in [1.82, 2.24) is 20.5 Å². The minimum atomic E-state index is -4.03. The van der Waals surface area contributed by atoms with E-state index in [1.54, 1.807) is 18.7 Å². The number of hydrogen-bond acceptors (Lipinski definition) is 7. The zero-order valence-corrected chi connectivity index (χ0v) is 27.7. The Balaban J connectivity index is 1.54. The second-order valence-electron chi connectivity index (χ2n) is 12.5. The van der Waals surface area contributed by atoms with Crippen molar-refractivity contribution in [2.45, 2.75) is 76.8 Å². The summed E-state index contributed by atoms with van der Waals surface area (Å²) >= 11 is 0. The van der Waals surface area contributed by atoms with Crippen molar-refractivity contribution in [3.05, 3.63) is 53.6 Å². The molecule has 1 aromatic heterocycles. The fourth-order valence-electron chi connectivity index (χ4n) is 6.06. The Morgan fingerprint density at radius 3 is 2.38 bits per heavy atom. The van der Waals surface area contributed by atoms with Gasteiger partial charge in [-0.1, -0.05) is 39.7 Å². The number of methoxy groups -OCH3 is 1. The summed E-state index contributed by atoms with van der Waals surface area (Å²) < 4.78 is 56.5. The number of morpholine rings is 1. The number of nitrogens with zero attached hydrogens (tertiary/aromatic N) is 2. The van der Waals surface area contributed by atoms with Gasteiger partial charge in [0.2, 0.25) is 17.7 Å². The topological polar surface area (TPSA) is 139 Å². The highest BCUT2D eigenvalue weighted by atomic mass is 19.3. The number of pyridine rings is 1. The van der Waals surface area contributed by atoms with Crippen LogP contribution in [-0.4, -0.2) is 79.0 Å². The Labute approximate surface area is 278 Å². The van der Waals surface area contributed by atoms with E-state index in [1.807, 2.05) is 0 Å². The molecule has 2 aromatic rings. The maximum Gasteiger partial charge on any atom is 0.351 e. The molecule has 262 valence electrons. The summed E-state index contributed by atoms with van der Waals surface area (Å²) in [4.78, 5) is 57.7. The monoisotopic (exact) mass is 675 g/mol. The molecule has 0 radical (unpaired) electrons. The Kier molecular flexibility index (Phi) is 12.4. The molecule has 3 atom stereocenters. The Bertz CT molecular complexity index is 1460. The smallest absolute Gasteiger partial charge is 0.351 e. The van der Waals surface area contributed by atoms with Gasteiger partial charge in [-0.25, -0.2) is 4.39 Å². The maximum atomic E-state index is 15.6. The van der Waals surface area contributed by atoms with Crippen LogP contribution in [-0.2, 0) is 29.8 Å². The molecule has 3 N–H and O–H groups in total. The van der Waals surface area contributed by atoms with Gasteiger partial charge in [-0.15, -0.1) is 0 Å². The van der Waals surface area contributed by atoms with Gasteiger partial charge in [0.1, 0.15) is 23.7 Å². The van der Waals surface area contributed by atoms with E-state index in [1.165, 1.54) is 25.4 Å². The predicted molar refractivity (Wildman–Crippen MR) is 171 cm³/mol. The summed E-state index contributed by atoms with van der Waals surface area (Å²) in [6.45, 7) is 6.88. The van der Waals surface area contributed by atoms with Gasteiger partial charge in [-0.2, -0.15) is 8.78 Å². The highest BCUT2D eigenvalue weighted by molar-refractivity contribution is 5.98. The molecule has 1 saturated heterocycles. The molecule has 1 aromatic carbocycles. The lowest BCUT2D eigenvalue weighted by Gasteiger charge is -2.33. The number of amides is 4. The Morgan fingerprint density at radius 1 is 1.06 bits per heavy atom. The van der Waals surface area contributed by atoms with E-state index in [0.717, 1.165) is 31.2 Å². The fraction of sp³-hybridized carbons (Fsp3) is 0.559. The molecular formula is C34H44F3N5O6. The third-order valence-electron chi connectivity index (χ3n) is 9.20. The summed E-state index contributed by atoms with van der Waals surface area (Å²) in [6, 6.07) is 2.67. The average Bonchev–Trinajstić information content (AvgIpc) is 3.10. The molecule has 2 aliphatic rings. The van der Waals surface area contributed by atoms with Gasteiger partial charge in [0, 0.05) is 31.6 Å². The van der Waals surface area contributed by atoms with Crippen molar-refractivity contribution in [2.24, 2.45) is 11.8 Å². The van der Waals surface area contributed by atoms with E-state index in [0.29, 0.717) is 50.6 Å². The van der Waals surface area contributed by atoms with Crippen LogP contribution in [0, 0.1) is 17.7 Å². The Hall–Kier alpha value is -4.20. The first-order valence-electron chi connectivity index (χ1n) is 16.3. The van der Waals surface area contributed by atoms with Gasteiger partial charge < -0.3 is 30.3 Å². The van der Waals surface area contributed by atoms with Crippen LogP contribution in [0.4, 0.5) is 18.9 Å². The summed E-state index contributed by atoms with van der Waals surface area (Å²) in [5, 5.41) is 7.48. The molecule has 1 aliphatic heterocycles. The van der Waals surface area contributed by atoms with E-state index in [4.69, 9.17) is 9.47 Å². The van der Waals surface area contributed by atoms with Crippen LogP contribution in [0.15, 0.2) is 36.7 Å². The number of halogens is 3. The first kappa shape index (κ1) is 36.6. The molecule has 48 heavy (non-hydrogen) atoms. The van der Waals surface area contributed by atoms with Gasteiger partial charge >= 0.3 is 5.92 Å². The van der Waals surface area contributed by atoms with Crippen molar-refractivity contribution >= 4 is 29.3 Å². The molecule has 11 nitrogen and oxygen atoms in total. The largest absolute Gasteiger partial charge is 0.495 e. The normalized spacial score (nSPS) is 20.2. The molecule has 14 heteroatoms. The lowest BCUT2D eigenvalue weighted by Crippen LogP contribution is -2.53. The lowest BCUT2D eigenvalue weighted by molar-refractivity contribution is -0.149. The van der Waals surface area contributed by atoms with Crippen LogP contribution >= 0.6 is 0 Å². The number of rotatable bonds is 12. The van der Waals surface area contributed by atoms with Crippen LogP contribution in [0.25, 0.3) is 0 Å². The first-order chi connectivity index (χ1) is 22.8. The quantitative estimate of drug-likeness (QED) is 0.308. The molecule has 1 aliphatic carbocycles. The summed E-state index contributed by atoms with van der Waals surface area (Å²) in [6.07, 6.45) is 4.71. The Morgan fingerprint density at radius 2 is 1.75 bits per heavy atom. The number of nitrogens with one attached hydrogen (secondary N) is 3. The molecule has 4 rings (SSSR count). The number of hydrogen-bond donors (Lipinski definition) is 3. The van der Waals surface area contributed by atoms with Gasteiger partial charge in [0.25, 0.3) is 5.91 Å². The highest BCUT2D eigenvalue weighted by Gasteiger charge is 2.45. The van der Waals surface area contributed by atoms with Gasteiger partial charge in [0.15, 0.2) is 0 Å². The maximum absolute atomic E-state index is 15.6. The van der Waals surface area contributed by atoms with Gasteiger partial charge in [-0.3, -0.25) is 24.2 Å². The third kappa shape index (κ3) is 8.82. The van der Waals surface area contributed by atoms with Crippen molar-refractivity contribution in [3.63, 3.8) is 0 Å². The van der Waals surface area contributed by atoms with Crippen molar-refractivity contribution in [1.29, 1.82) is 0 Å². The van der Waals surface area contributed by atoms with E-state index in [2.05, 4.69) is 27.9 Å². The number of anilines is 1. The van der Waals surface area contributed by atoms with Crippen LogP contribution in [0.3, 0.4) is 0 Å². The second-order valence-corrected chi connectivity index (χ2v) is 12.5. The minimum absolute atomic E-state index is 0.0355. The van der Waals surface area contributed by atoms with Crippen LogP contribution in [0.5, 0.6) is 5.75 Å². The number of aromatic nitrogens is 1. The SMILES string of the molecule is CCC(=O)N[C@@H](C(=O)N1CCOCC1)[C@@H](C)c1ccc(NC(=O)[C@@H](NC(=O)C(F)(F)c2cncc(OC)c2)C2CCC(C)CC2)c(F)c1. The fourth-order valence-corrected chi connectivity index (χ4v) is 6.06. The summed E-state index contributed by atoms with van der Waals surface area (Å²) in [7, 11) is 1.28. The second kappa shape index (κ2) is 16.3. The van der Waals surface area contributed by atoms with Crippen LogP contribution in [0.2, 0.25) is 0 Å².